The molecule has 4 aromatic heterocycles. The Morgan fingerprint density at radius 3 is 2.50 bits per heavy atom. The van der Waals surface area contributed by atoms with Gasteiger partial charge in [0.15, 0.2) is 17.0 Å². The molecule has 1 saturated heterocycles. The molecule has 5 heterocycles. The number of phosphoric ester groups is 1. The molecule has 222 valence electrons. The zero-order valence-corrected chi connectivity index (χ0v) is 24.1. The summed E-state index contributed by atoms with van der Waals surface area (Å²) in [5, 5.41) is 0. The van der Waals surface area contributed by atoms with Crippen molar-refractivity contribution < 1.29 is 23.7 Å². The molecule has 0 radical (unpaired) electrons. The number of phosphoric acid groups is 1. The van der Waals surface area contributed by atoms with Crippen molar-refractivity contribution in [3.8, 4) is 11.3 Å². The first kappa shape index (κ1) is 29.2. The van der Waals surface area contributed by atoms with Crippen molar-refractivity contribution in [2.75, 3.05) is 23.1 Å². The fourth-order valence-corrected chi connectivity index (χ4v) is 5.10. The second-order valence-corrected chi connectivity index (χ2v) is 11.2. The number of anilines is 2. The number of nitrogens with zero attached hydrogens (tertiary/aromatic N) is 10. The summed E-state index contributed by atoms with van der Waals surface area (Å²) < 4.78 is 19.5. The van der Waals surface area contributed by atoms with Gasteiger partial charge in [-0.05, 0) is 26.7 Å². The fraction of sp³-hybridized carbons (Fsp3) is 0.417. The Morgan fingerprint density at radius 2 is 1.86 bits per heavy atom. The first-order valence-electron chi connectivity index (χ1n) is 12.9. The average molecular weight is 601 g/mol. The quantitative estimate of drug-likeness (QED) is 0.207. The second-order valence-electron chi connectivity index (χ2n) is 9.94. The van der Waals surface area contributed by atoms with Gasteiger partial charge >= 0.3 is 13.5 Å². The van der Waals surface area contributed by atoms with Crippen molar-refractivity contribution in [1.82, 2.24) is 38.6 Å². The largest absolute Gasteiger partial charge is 0.471 e. The number of aryl methyl sites for hydroxylation is 1. The van der Waals surface area contributed by atoms with Crippen LogP contribution in [0.15, 0.2) is 40.7 Å². The van der Waals surface area contributed by atoms with Crippen LogP contribution < -0.4 is 21.0 Å². The summed E-state index contributed by atoms with van der Waals surface area (Å²) in [6.45, 7) is 3.55. The van der Waals surface area contributed by atoms with Gasteiger partial charge in [0.05, 0.1) is 24.4 Å². The molecule has 1 amide bonds. The van der Waals surface area contributed by atoms with Crippen LogP contribution in [-0.2, 0) is 28.0 Å². The molecule has 1 fully saturated rings. The van der Waals surface area contributed by atoms with Gasteiger partial charge in [0.2, 0.25) is 5.95 Å². The summed E-state index contributed by atoms with van der Waals surface area (Å²) in [7, 11) is -2.26. The molecule has 0 aliphatic carbocycles. The van der Waals surface area contributed by atoms with Crippen LogP contribution in [0.2, 0.25) is 0 Å². The van der Waals surface area contributed by atoms with Gasteiger partial charge in [0.1, 0.15) is 12.8 Å². The van der Waals surface area contributed by atoms with Crippen molar-refractivity contribution in [1.29, 1.82) is 0 Å². The number of imidazole rings is 1. The van der Waals surface area contributed by atoms with E-state index in [0.29, 0.717) is 23.2 Å². The van der Waals surface area contributed by atoms with Gasteiger partial charge in [0.25, 0.3) is 11.5 Å². The molecule has 0 spiro atoms. The number of carbonyl (C=O) groups is 1. The number of fused-ring (bicyclic) bond motifs is 1. The van der Waals surface area contributed by atoms with Gasteiger partial charge in [-0.15, -0.1) is 0 Å². The van der Waals surface area contributed by atoms with E-state index in [1.165, 1.54) is 48.9 Å². The molecule has 1 aliphatic rings. The molecule has 2 unspecified atom stereocenters. The maximum Gasteiger partial charge on any atom is 0.471 e. The first-order valence-corrected chi connectivity index (χ1v) is 14.5. The second kappa shape index (κ2) is 11.2. The van der Waals surface area contributed by atoms with Crippen LogP contribution in [-0.4, -0.2) is 73.6 Å². The minimum atomic E-state index is -5.00. The van der Waals surface area contributed by atoms with Crippen LogP contribution >= 0.6 is 7.82 Å². The van der Waals surface area contributed by atoms with Crippen molar-refractivity contribution in [3.63, 3.8) is 0 Å². The summed E-state index contributed by atoms with van der Waals surface area (Å²) in [6, 6.07) is -0.816. The molecule has 4 aromatic rings. The molecule has 0 aromatic carbocycles. The highest BCUT2D eigenvalue weighted by Gasteiger charge is 2.30. The molecular weight excluding hydrogens is 571 g/mol. The Balaban J connectivity index is 1.50. The van der Waals surface area contributed by atoms with Crippen molar-refractivity contribution in [2.24, 2.45) is 14.1 Å². The Labute approximate surface area is 238 Å². The standard InChI is InChI=1S/C24H29N10O7P/c1-14-6-5-7-32(14)23-26-8-16(9-27-23)17-10-25-11-18(29-17)34(13-41-42(38,39)40)21(35)15(2)33-12-28-20-19(33)22(36)31(4)24(37)30(20)3/h8-12,14-15H,5-7,13H2,1-4H3,(H2,38,39,40). The predicted octanol–water partition coefficient (Wildman–Crippen LogP) is 0.330. The number of hydrogen-bond donors (Lipinski definition) is 2. The highest BCUT2D eigenvalue weighted by molar-refractivity contribution is 7.46. The van der Waals surface area contributed by atoms with E-state index in [1.807, 2.05) is 0 Å². The lowest BCUT2D eigenvalue weighted by molar-refractivity contribution is -0.122. The lowest BCUT2D eigenvalue weighted by atomic mass is 10.2. The van der Waals surface area contributed by atoms with Gasteiger partial charge in [-0.3, -0.25) is 33.1 Å². The summed E-state index contributed by atoms with van der Waals surface area (Å²) >= 11 is 0. The maximum atomic E-state index is 13.8. The SMILES string of the molecule is CC1CCCN1c1ncc(-c2cncc(N(COP(=O)(O)O)C(=O)C(C)n3cnc4c3c(=O)n(C)c(=O)n4C)n2)cn1. The maximum absolute atomic E-state index is 13.8. The number of carbonyl (C=O) groups excluding carboxylic acids is 1. The van der Waals surface area contributed by atoms with Crippen LogP contribution in [0.1, 0.15) is 32.7 Å². The zero-order chi connectivity index (χ0) is 30.3. The molecule has 5 rings (SSSR count). The highest BCUT2D eigenvalue weighted by atomic mass is 31.2. The van der Waals surface area contributed by atoms with Crippen LogP contribution in [0, 0.1) is 0 Å². The molecule has 2 N–H and O–H groups in total. The zero-order valence-electron chi connectivity index (χ0n) is 23.2. The number of amides is 1. The molecule has 1 aliphatic heterocycles. The Bertz CT molecular complexity index is 1810. The molecule has 2 atom stereocenters. The van der Waals surface area contributed by atoms with E-state index in [9.17, 15) is 28.7 Å². The third-order valence-corrected chi connectivity index (χ3v) is 7.66. The van der Waals surface area contributed by atoms with Gasteiger partial charge in [-0.2, -0.15) is 0 Å². The lowest BCUT2D eigenvalue weighted by Gasteiger charge is -2.25. The summed E-state index contributed by atoms with van der Waals surface area (Å²) in [4.78, 5) is 82.4. The molecule has 42 heavy (non-hydrogen) atoms. The average Bonchev–Trinajstić information content (AvgIpc) is 3.61. The van der Waals surface area contributed by atoms with Crippen molar-refractivity contribution in [2.45, 2.75) is 38.8 Å². The lowest BCUT2D eigenvalue weighted by Crippen LogP contribution is -2.40. The van der Waals surface area contributed by atoms with Crippen LogP contribution in [0.3, 0.4) is 0 Å². The summed E-state index contributed by atoms with van der Waals surface area (Å²) in [6.07, 6.45) is 9.17. The van der Waals surface area contributed by atoms with Crippen LogP contribution in [0.4, 0.5) is 11.8 Å². The molecule has 18 heteroatoms. The molecule has 0 bridgehead atoms. The normalized spacial score (nSPS) is 16.2. The Kier molecular flexibility index (Phi) is 7.76. The van der Waals surface area contributed by atoms with Gasteiger partial charge in [-0.25, -0.2) is 29.3 Å². The highest BCUT2D eigenvalue weighted by Crippen LogP contribution is 2.36. The Hall–Kier alpha value is -4.31. The smallest absolute Gasteiger partial charge is 0.338 e. The van der Waals surface area contributed by atoms with E-state index >= 15 is 0 Å². The van der Waals surface area contributed by atoms with E-state index in [-0.39, 0.29) is 17.0 Å². The monoisotopic (exact) mass is 600 g/mol. The van der Waals surface area contributed by atoms with Gasteiger partial charge < -0.3 is 19.3 Å². The van der Waals surface area contributed by atoms with Crippen molar-refractivity contribution >= 4 is 36.7 Å². The third kappa shape index (κ3) is 5.46. The van der Waals surface area contributed by atoms with Crippen LogP contribution in [0.25, 0.3) is 22.4 Å². The molecule has 0 saturated carbocycles. The Morgan fingerprint density at radius 1 is 1.14 bits per heavy atom. The van der Waals surface area contributed by atoms with E-state index in [0.717, 1.165) is 28.9 Å². The molecule has 17 nitrogen and oxygen atoms in total. The molecular formula is C24H29N10O7P. The summed E-state index contributed by atoms with van der Waals surface area (Å²) in [5.74, 6) is -0.246. The summed E-state index contributed by atoms with van der Waals surface area (Å²) in [5.41, 5.74) is -0.410. The topological polar surface area (TPSA) is 204 Å². The van der Waals surface area contributed by atoms with E-state index in [4.69, 9.17) is 0 Å². The van der Waals surface area contributed by atoms with Crippen molar-refractivity contribution in [3.05, 3.63) is 52.0 Å². The predicted molar refractivity (Wildman–Crippen MR) is 150 cm³/mol. The fourth-order valence-electron chi connectivity index (χ4n) is 4.83. The van der Waals surface area contributed by atoms with E-state index in [1.54, 1.807) is 12.4 Å². The number of aromatic nitrogens is 8. The van der Waals surface area contributed by atoms with Gasteiger partial charge in [-0.1, -0.05) is 0 Å². The van der Waals surface area contributed by atoms with E-state index in [2.05, 4.69) is 41.3 Å². The van der Waals surface area contributed by atoms with E-state index < -0.39 is 37.8 Å². The number of rotatable bonds is 8. The minimum Gasteiger partial charge on any atom is -0.338 e. The van der Waals surface area contributed by atoms with Crippen LogP contribution in [0.5, 0.6) is 0 Å². The minimum absolute atomic E-state index is 0.0132. The first-order chi connectivity index (χ1) is 19.9. The number of hydrogen-bond acceptors (Lipinski definition) is 11. The third-order valence-electron chi connectivity index (χ3n) is 7.21. The van der Waals surface area contributed by atoms with Gasteiger partial charge in [0, 0.05) is 44.6 Å².